The Kier molecular flexibility index (Phi) is 7.15. The molecule has 0 bridgehead atoms. The Labute approximate surface area is 227 Å². The van der Waals surface area contributed by atoms with Gasteiger partial charge in [-0.1, -0.05) is 59.7 Å². The predicted octanol–water partition coefficient (Wildman–Crippen LogP) is 6.42. The van der Waals surface area contributed by atoms with Gasteiger partial charge in [-0.2, -0.15) is 0 Å². The molecule has 1 fully saturated rings. The summed E-state index contributed by atoms with van der Waals surface area (Å²) < 4.78 is 0. The highest BCUT2D eigenvalue weighted by atomic mass is 16.2. The normalized spacial score (nSPS) is 19.6. The molecule has 0 aromatic heterocycles. The first-order valence-electron chi connectivity index (χ1n) is 13.8. The second-order valence-corrected chi connectivity index (χ2v) is 11.1. The summed E-state index contributed by atoms with van der Waals surface area (Å²) in [6.45, 7) is 18.2. The molecule has 2 heterocycles. The molecule has 0 saturated carbocycles. The lowest BCUT2D eigenvalue weighted by Crippen LogP contribution is -2.53. The van der Waals surface area contributed by atoms with E-state index in [-0.39, 0.29) is 18.1 Å². The molecule has 5 heteroatoms. The van der Waals surface area contributed by atoms with Crippen molar-refractivity contribution in [1.29, 1.82) is 0 Å². The molecule has 2 aliphatic heterocycles. The van der Waals surface area contributed by atoms with E-state index in [2.05, 4.69) is 102 Å². The second-order valence-electron chi connectivity index (χ2n) is 11.1. The van der Waals surface area contributed by atoms with Crippen LogP contribution in [-0.4, -0.2) is 47.8 Å². The van der Waals surface area contributed by atoms with Crippen molar-refractivity contribution >= 4 is 11.9 Å². The maximum absolute atomic E-state index is 14.5. The molecule has 2 atom stereocenters. The van der Waals surface area contributed by atoms with Gasteiger partial charge in [0.15, 0.2) is 0 Å². The Morgan fingerprint density at radius 1 is 0.711 bits per heavy atom. The number of rotatable bonds is 3. The lowest BCUT2D eigenvalue weighted by Gasteiger charge is -2.36. The average Bonchev–Trinajstić information content (AvgIpc) is 3.31. The summed E-state index contributed by atoms with van der Waals surface area (Å²) in [7, 11) is 0. The van der Waals surface area contributed by atoms with Gasteiger partial charge < -0.3 is 10.2 Å². The number of hydrogen-bond acceptors (Lipinski definition) is 3. The zero-order chi connectivity index (χ0) is 27.1. The van der Waals surface area contributed by atoms with Gasteiger partial charge in [0.25, 0.3) is 0 Å². The summed E-state index contributed by atoms with van der Waals surface area (Å²) in [5, 5.41) is 3.39. The number of urea groups is 1. The first-order chi connectivity index (χ1) is 18.2. The molecule has 0 aliphatic carbocycles. The number of amides is 2. The molecule has 0 unspecified atom stereocenters. The number of benzene rings is 3. The smallest absolute Gasteiger partial charge is 0.322 e. The third kappa shape index (κ3) is 4.54. The summed E-state index contributed by atoms with van der Waals surface area (Å²) in [6.07, 6.45) is 0. The van der Waals surface area contributed by atoms with E-state index in [9.17, 15) is 4.79 Å². The largest absolute Gasteiger partial charge is 0.326 e. The average molecular weight is 509 g/mol. The summed E-state index contributed by atoms with van der Waals surface area (Å²) in [6, 6.07) is 16.9. The van der Waals surface area contributed by atoms with E-state index in [0.29, 0.717) is 13.1 Å². The lowest BCUT2D eigenvalue weighted by atomic mass is 9.88. The van der Waals surface area contributed by atoms with Crippen molar-refractivity contribution in [2.75, 3.05) is 26.2 Å². The van der Waals surface area contributed by atoms with Crippen molar-refractivity contribution in [3.8, 4) is 0 Å². The van der Waals surface area contributed by atoms with Crippen LogP contribution in [0.4, 0.5) is 4.79 Å². The lowest BCUT2D eigenvalue weighted by molar-refractivity contribution is 0.157. The van der Waals surface area contributed by atoms with E-state index in [0.717, 1.165) is 35.6 Å². The molecule has 2 amide bonds. The molecular weight excluding hydrogens is 468 g/mol. The van der Waals surface area contributed by atoms with Crippen LogP contribution in [0.25, 0.3) is 0 Å². The molecule has 5 nitrogen and oxygen atoms in total. The van der Waals surface area contributed by atoms with Gasteiger partial charge in [-0.05, 0) is 87.4 Å². The van der Waals surface area contributed by atoms with E-state index in [1.165, 1.54) is 38.9 Å². The minimum atomic E-state index is -0.226. The molecule has 0 radical (unpaired) electrons. The minimum Gasteiger partial charge on any atom is -0.322 e. The molecule has 198 valence electrons. The van der Waals surface area contributed by atoms with E-state index < -0.39 is 0 Å². The van der Waals surface area contributed by atoms with Crippen LogP contribution >= 0.6 is 0 Å². The topological polar surface area (TPSA) is 47.9 Å². The van der Waals surface area contributed by atoms with Crippen molar-refractivity contribution in [2.45, 2.75) is 60.5 Å². The summed E-state index contributed by atoms with van der Waals surface area (Å²) >= 11 is 0. The monoisotopic (exact) mass is 508 g/mol. The molecular formula is C33H40N4O. The van der Waals surface area contributed by atoms with Gasteiger partial charge >= 0.3 is 6.03 Å². The summed E-state index contributed by atoms with van der Waals surface area (Å²) in [4.78, 5) is 23.9. The molecule has 38 heavy (non-hydrogen) atoms. The minimum absolute atomic E-state index is 0.0418. The van der Waals surface area contributed by atoms with Gasteiger partial charge in [-0.25, -0.2) is 4.79 Å². The zero-order valence-electron chi connectivity index (χ0n) is 23.9. The van der Waals surface area contributed by atoms with Crippen LogP contribution in [0, 0.1) is 48.5 Å². The van der Waals surface area contributed by atoms with E-state index in [1.54, 1.807) is 0 Å². The van der Waals surface area contributed by atoms with E-state index in [4.69, 9.17) is 4.99 Å². The Morgan fingerprint density at radius 2 is 1.18 bits per heavy atom. The summed E-state index contributed by atoms with van der Waals surface area (Å²) in [5.41, 5.74) is 12.0. The Hall–Kier alpha value is -3.44. The van der Waals surface area contributed by atoms with Crippen LogP contribution in [-0.2, 0) is 0 Å². The van der Waals surface area contributed by atoms with Gasteiger partial charge in [0.2, 0.25) is 0 Å². The van der Waals surface area contributed by atoms with Crippen molar-refractivity contribution in [3.05, 3.63) is 104 Å². The zero-order valence-corrected chi connectivity index (χ0v) is 23.9. The number of carbonyl (C=O) groups is 1. The van der Waals surface area contributed by atoms with Crippen molar-refractivity contribution in [3.63, 3.8) is 0 Å². The quantitative estimate of drug-likeness (QED) is 0.444. The van der Waals surface area contributed by atoms with E-state index in [1.807, 2.05) is 9.80 Å². The third-order valence-electron chi connectivity index (χ3n) is 8.72. The number of aliphatic imine (C=N–C) groups is 1. The molecule has 3 aromatic rings. The highest BCUT2D eigenvalue weighted by Gasteiger charge is 2.44. The van der Waals surface area contributed by atoms with Gasteiger partial charge in [0.1, 0.15) is 11.9 Å². The third-order valence-corrected chi connectivity index (χ3v) is 8.72. The Morgan fingerprint density at radius 3 is 1.71 bits per heavy atom. The molecule has 3 aromatic carbocycles. The van der Waals surface area contributed by atoms with E-state index >= 15 is 0 Å². The summed E-state index contributed by atoms with van der Waals surface area (Å²) in [5.74, 6) is 0.797. The van der Waals surface area contributed by atoms with Gasteiger partial charge in [-0.3, -0.25) is 9.89 Å². The van der Waals surface area contributed by atoms with Crippen LogP contribution in [0.15, 0.2) is 53.5 Å². The van der Waals surface area contributed by atoms with Gasteiger partial charge in [0.05, 0.1) is 6.04 Å². The van der Waals surface area contributed by atoms with Crippen LogP contribution in [0.5, 0.6) is 0 Å². The second kappa shape index (κ2) is 10.4. The standard InChI is InChI=1S/C33H40N4O/c1-20-8-12-27(13-9-20)30-31(28-14-10-21(2)11-15-28)37(33(38)36-18-16-34-17-19-36)32(35-30)29-25(6)23(4)22(3)24(5)26(29)7/h8-15,30-31,34H,16-19H2,1-7H3/t30-,31+/m1/s1. The molecule has 5 rings (SSSR count). The van der Waals surface area contributed by atoms with Crippen molar-refractivity contribution < 1.29 is 4.79 Å². The van der Waals surface area contributed by atoms with Gasteiger partial charge in [0, 0.05) is 31.7 Å². The fraction of sp³-hybridized carbons (Fsp3) is 0.394. The molecule has 1 N–H and O–H groups in total. The maximum atomic E-state index is 14.5. The number of aryl methyl sites for hydroxylation is 2. The fourth-order valence-corrected chi connectivity index (χ4v) is 5.89. The van der Waals surface area contributed by atoms with Crippen LogP contribution in [0.1, 0.15) is 67.7 Å². The molecule has 1 saturated heterocycles. The van der Waals surface area contributed by atoms with Crippen LogP contribution < -0.4 is 5.32 Å². The highest BCUT2D eigenvalue weighted by molar-refractivity contribution is 6.11. The first-order valence-corrected chi connectivity index (χ1v) is 13.8. The number of nitrogens with one attached hydrogen (secondary N) is 1. The molecule has 0 spiro atoms. The Bertz CT molecular complexity index is 1350. The predicted molar refractivity (Wildman–Crippen MR) is 156 cm³/mol. The number of piperazine rings is 1. The number of amidine groups is 1. The first kappa shape index (κ1) is 26.2. The van der Waals surface area contributed by atoms with Gasteiger partial charge in [-0.15, -0.1) is 0 Å². The SMILES string of the molecule is Cc1ccc([C@H]2N=C(c3c(C)c(C)c(C)c(C)c3C)N(C(=O)N3CCNCC3)[C@H]2c2ccc(C)cc2)cc1. The highest BCUT2D eigenvalue weighted by Crippen LogP contribution is 2.45. The molecule has 2 aliphatic rings. The maximum Gasteiger partial charge on any atom is 0.326 e. The fourth-order valence-electron chi connectivity index (χ4n) is 5.89. The Balaban J connectivity index is 1.76. The van der Waals surface area contributed by atoms with Crippen LogP contribution in [0.2, 0.25) is 0 Å². The van der Waals surface area contributed by atoms with Crippen molar-refractivity contribution in [2.24, 2.45) is 4.99 Å². The van der Waals surface area contributed by atoms with Crippen molar-refractivity contribution in [1.82, 2.24) is 15.1 Å². The number of hydrogen-bond donors (Lipinski definition) is 1. The van der Waals surface area contributed by atoms with Crippen LogP contribution in [0.3, 0.4) is 0 Å². The number of carbonyl (C=O) groups excluding carboxylic acids is 1. The number of nitrogens with zero attached hydrogens (tertiary/aromatic N) is 3.